The highest BCUT2D eigenvalue weighted by Gasteiger charge is 2.42. The van der Waals surface area contributed by atoms with E-state index in [4.69, 9.17) is 0 Å². The zero-order valence-electron chi connectivity index (χ0n) is 10.0. The van der Waals surface area contributed by atoms with Gasteiger partial charge in [-0.3, -0.25) is 0 Å². The first-order valence-corrected chi connectivity index (χ1v) is 5.40. The van der Waals surface area contributed by atoms with E-state index in [2.05, 4.69) is 4.98 Å². The van der Waals surface area contributed by atoms with Crippen molar-refractivity contribution in [1.82, 2.24) is 9.97 Å². The third kappa shape index (κ3) is 2.78. The summed E-state index contributed by atoms with van der Waals surface area (Å²) in [6, 6.07) is 5.58. The fraction of sp³-hybridized carbons (Fsp3) is 0.250. The van der Waals surface area contributed by atoms with Gasteiger partial charge in [0.2, 0.25) is 5.82 Å². The molecular formula is C12H8F6N2. The normalized spacial score (nSPS) is 12.8. The number of aryl methyl sites for hydroxylation is 1. The molecule has 0 unspecified atom stereocenters. The molecule has 8 heteroatoms. The molecule has 0 amide bonds. The van der Waals surface area contributed by atoms with Gasteiger partial charge in [0.05, 0.1) is 0 Å². The second-order valence-electron chi connectivity index (χ2n) is 4.17. The largest absolute Gasteiger partial charge is 0.449 e. The van der Waals surface area contributed by atoms with E-state index < -0.39 is 29.6 Å². The first kappa shape index (κ1) is 14.4. The Morgan fingerprint density at radius 2 is 1.45 bits per heavy atom. The van der Waals surface area contributed by atoms with E-state index in [1.165, 1.54) is 29.2 Å². The molecule has 0 fully saturated rings. The number of nitrogens with one attached hydrogen (secondary N) is 1. The molecule has 0 saturated heterocycles. The van der Waals surface area contributed by atoms with Gasteiger partial charge in [0.25, 0.3) is 0 Å². The van der Waals surface area contributed by atoms with Crippen LogP contribution in [0.3, 0.4) is 0 Å². The van der Waals surface area contributed by atoms with Gasteiger partial charge < -0.3 is 4.98 Å². The monoisotopic (exact) mass is 294 g/mol. The summed E-state index contributed by atoms with van der Waals surface area (Å²) in [5.74, 6) is -1.67. The average Bonchev–Trinajstić information content (AvgIpc) is 2.74. The number of alkyl halides is 6. The molecule has 0 spiro atoms. The lowest BCUT2D eigenvalue weighted by atomic mass is 10.1. The summed E-state index contributed by atoms with van der Waals surface area (Å²) in [7, 11) is 0. The number of H-pyrrole nitrogens is 1. The zero-order chi connectivity index (χ0) is 15.1. The Kier molecular flexibility index (Phi) is 3.27. The molecule has 0 atom stereocenters. The predicted molar refractivity (Wildman–Crippen MR) is 58.8 cm³/mol. The van der Waals surface area contributed by atoms with Crippen molar-refractivity contribution in [2.24, 2.45) is 0 Å². The number of rotatable bonds is 1. The van der Waals surface area contributed by atoms with Crippen LogP contribution < -0.4 is 0 Å². The van der Waals surface area contributed by atoms with E-state index in [0.29, 0.717) is 0 Å². The van der Waals surface area contributed by atoms with Crippen LogP contribution in [0.1, 0.15) is 17.1 Å². The molecular weight excluding hydrogens is 286 g/mol. The van der Waals surface area contributed by atoms with Gasteiger partial charge in [-0.15, -0.1) is 0 Å². The second kappa shape index (κ2) is 4.53. The number of hydrogen-bond acceptors (Lipinski definition) is 1. The molecule has 0 aliphatic rings. The quantitative estimate of drug-likeness (QED) is 0.775. The van der Waals surface area contributed by atoms with Crippen molar-refractivity contribution in [2.45, 2.75) is 19.3 Å². The summed E-state index contributed by atoms with van der Waals surface area (Å²) in [4.78, 5) is 4.36. The van der Waals surface area contributed by atoms with Gasteiger partial charge in [-0.25, -0.2) is 4.98 Å². The van der Waals surface area contributed by atoms with E-state index in [0.717, 1.165) is 5.56 Å². The molecule has 2 nitrogen and oxygen atoms in total. The number of benzene rings is 1. The summed E-state index contributed by atoms with van der Waals surface area (Å²) in [6.07, 6.45) is -9.92. The third-order valence-corrected chi connectivity index (χ3v) is 2.58. The molecule has 0 bridgehead atoms. The van der Waals surface area contributed by atoms with Crippen LogP contribution in [-0.2, 0) is 12.4 Å². The highest BCUT2D eigenvalue weighted by atomic mass is 19.4. The molecule has 0 radical (unpaired) electrons. The minimum Gasteiger partial charge on any atom is -0.330 e. The fourth-order valence-electron chi connectivity index (χ4n) is 1.63. The van der Waals surface area contributed by atoms with Crippen LogP contribution in [-0.4, -0.2) is 9.97 Å². The predicted octanol–water partition coefficient (Wildman–Crippen LogP) is 4.42. The average molecular weight is 294 g/mol. The van der Waals surface area contributed by atoms with Crippen LogP contribution in [0.2, 0.25) is 0 Å². The maximum absolute atomic E-state index is 12.8. The smallest absolute Gasteiger partial charge is 0.330 e. The van der Waals surface area contributed by atoms with Crippen LogP contribution in [0, 0.1) is 6.92 Å². The van der Waals surface area contributed by atoms with E-state index in [1.807, 2.05) is 0 Å². The topological polar surface area (TPSA) is 28.7 Å². The van der Waals surface area contributed by atoms with Crippen molar-refractivity contribution in [3.63, 3.8) is 0 Å². The molecule has 0 saturated carbocycles. The highest BCUT2D eigenvalue weighted by Crippen LogP contribution is 2.38. The van der Waals surface area contributed by atoms with Crippen molar-refractivity contribution in [3.05, 3.63) is 41.3 Å². The Labute approximate surface area is 109 Å². The zero-order valence-corrected chi connectivity index (χ0v) is 10.0. The summed E-state index contributed by atoms with van der Waals surface area (Å²) < 4.78 is 75.8. The minimum absolute atomic E-state index is 0.0327. The molecule has 0 aliphatic carbocycles. The molecule has 1 heterocycles. The lowest BCUT2D eigenvalue weighted by molar-refractivity contribution is -0.149. The van der Waals surface area contributed by atoms with Gasteiger partial charge >= 0.3 is 12.4 Å². The minimum atomic E-state index is -4.97. The summed E-state index contributed by atoms with van der Waals surface area (Å²) in [5.41, 5.74) is -1.53. The molecule has 0 aliphatic heterocycles. The van der Waals surface area contributed by atoms with E-state index in [1.54, 1.807) is 6.92 Å². The maximum Gasteiger partial charge on any atom is 0.449 e. The van der Waals surface area contributed by atoms with Gasteiger partial charge in [0.15, 0.2) is 0 Å². The van der Waals surface area contributed by atoms with Gasteiger partial charge in [-0.2, -0.15) is 26.3 Å². The van der Waals surface area contributed by atoms with Crippen LogP contribution in [0.25, 0.3) is 11.3 Å². The highest BCUT2D eigenvalue weighted by molar-refractivity contribution is 5.63. The Hall–Kier alpha value is -1.99. The third-order valence-electron chi connectivity index (χ3n) is 2.58. The Morgan fingerprint density at radius 1 is 0.900 bits per heavy atom. The van der Waals surface area contributed by atoms with Crippen LogP contribution >= 0.6 is 0 Å². The Balaban J connectivity index is 2.62. The Morgan fingerprint density at radius 3 is 1.90 bits per heavy atom. The van der Waals surface area contributed by atoms with Crippen molar-refractivity contribution >= 4 is 0 Å². The SMILES string of the molecule is Cc1ccc(-c2nc(C(F)(F)F)[nH]c2C(F)(F)F)cc1. The summed E-state index contributed by atoms with van der Waals surface area (Å²) in [6.45, 7) is 1.71. The molecule has 2 aromatic rings. The van der Waals surface area contributed by atoms with Crippen LogP contribution in [0.5, 0.6) is 0 Å². The number of imidazole rings is 1. The lowest BCUT2D eigenvalue weighted by Gasteiger charge is -2.06. The lowest BCUT2D eigenvalue weighted by Crippen LogP contribution is -2.10. The van der Waals surface area contributed by atoms with Gasteiger partial charge in [0.1, 0.15) is 11.4 Å². The maximum atomic E-state index is 12.8. The van der Waals surface area contributed by atoms with Crippen molar-refractivity contribution in [3.8, 4) is 11.3 Å². The Bertz CT molecular complexity index is 606. The number of halogens is 6. The molecule has 2 rings (SSSR count). The van der Waals surface area contributed by atoms with Gasteiger partial charge in [-0.1, -0.05) is 29.8 Å². The molecule has 1 aromatic heterocycles. The van der Waals surface area contributed by atoms with Crippen molar-refractivity contribution < 1.29 is 26.3 Å². The molecule has 108 valence electrons. The fourth-order valence-corrected chi connectivity index (χ4v) is 1.63. The molecule has 1 aromatic carbocycles. The number of aromatic amines is 1. The molecule has 20 heavy (non-hydrogen) atoms. The van der Waals surface area contributed by atoms with Gasteiger partial charge in [-0.05, 0) is 6.92 Å². The van der Waals surface area contributed by atoms with E-state index in [9.17, 15) is 26.3 Å². The molecule has 1 N–H and O–H groups in total. The standard InChI is InChI=1S/C12H8F6N2/c1-6-2-4-7(5-3-6)8-9(11(13,14)15)20-10(19-8)12(16,17)18/h2-5H,1H3,(H,19,20). The van der Waals surface area contributed by atoms with E-state index in [-0.39, 0.29) is 5.56 Å². The first-order chi connectivity index (χ1) is 9.09. The number of hydrogen-bond donors (Lipinski definition) is 1. The van der Waals surface area contributed by atoms with Crippen molar-refractivity contribution in [2.75, 3.05) is 0 Å². The van der Waals surface area contributed by atoms with Crippen LogP contribution in [0.15, 0.2) is 24.3 Å². The number of aromatic nitrogens is 2. The number of nitrogens with zero attached hydrogens (tertiary/aromatic N) is 1. The first-order valence-electron chi connectivity index (χ1n) is 5.40. The van der Waals surface area contributed by atoms with E-state index >= 15 is 0 Å². The summed E-state index contributed by atoms with van der Waals surface area (Å²) >= 11 is 0. The second-order valence-corrected chi connectivity index (χ2v) is 4.17. The van der Waals surface area contributed by atoms with Gasteiger partial charge in [0, 0.05) is 5.56 Å². The van der Waals surface area contributed by atoms with Crippen molar-refractivity contribution in [1.29, 1.82) is 0 Å². The van der Waals surface area contributed by atoms with Crippen LogP contribution in [0.4, 0.5) is 26.3 Å². The summed E-state index contributed by atoms with van der Waals surface area (Å²) in [5, 5.41) is 0.